The molecule has 4 aromatic rings. The summed E-state index contributed by atoms with van der Waals surface area (Å²) in [6, 6.07) is 22.7. The zero-order chi connectivity index (χ0) is 14.2. The fraction of sp³-hybridized carbons (Fsp3) is 0. The van der Waals surface area contributed by atoms with Gasteiger partial charge in [-0.15, -0.1) is 0 Å². The van der Waals surface area contributed by atoms with E-state index in [4.69, 9.17) is 0 Å². The third-order valence-corrected chi connectivity index (χ3v) is 3.73. The van der Waals surface area contributed by atoms with E-state index in [9.17, 15) is 4.39 Å². The maximum Gasteiger partial charge on any atom is 0.131 e. The number of benzene rings is 3. The van der Waals surface area contributed by atoms with Crippen molar-refractivity contribution in [3.63, 3.8) is 0 Å². The summed E-state index contributed by atoms with van der Waals surface area (Å²) in [7, 11) is 0. The zero-order valence-electron chi connectivity index (χ0n) is 11.3. The molecule has 0 N–H and O–H groups in total. The number of aromatic nitrogens is 1. The van der Waals surface area contributed by atoms with Crippen molar-refractivity contribution >= 4 is 21.8 Å². The van der Waals surface area contributed by atoms with Crippen LogP contribution < -0.4 is 0 Å². The number of hydrogen-bond donors (Lipinski definition) is 0. The van der Waals surface area contributed by atoms with E-state index in [1.165, 1.54) is 6.07 Å². The normalized spacial score (nSPS) is 11.1. The summed E-state index contributed by atoms with van der Waals surface area (Å²) < 4.78 is 14.3. The first-order valence-corrected chi connectivity index (χ1v) is 6.87. The topological polar surface area (TPSA) is 12.9 Å². The van der Waals surface area contributed by atoms with Crippen molar-refractivity contribution in [3.8, 4) is 11.1 Å². The molecular weight excluding hydrogens is 261 g/mol. The third-order valence-electron chi connectivity index (χ3n) is 3.73. The lowest BCUT2D eigenvalue weighted by Crippen LogP contribution is -1.91. The van der Waals surface area contributed by atoms with Crippen LogP contribution in [0.3, 0.4) is 0 Å². The Morgan fingerprint density at radius 2 is 1.14 bits per heavy atom. The summed E-state index contributed by atoms with van der Waals surface area (Å²) in [4.78, 5) is 4.67. The molecule has 0 aliphatic carbocycles. The van der Waals surface area contributed by atoms with E-state index < -0.39 is 0 Å². The average molecular weight is 273 g/mol. The lowest BCUT2D eigenvalue weighted by molar-refractivity contribution is 0.631. The van der Waals surface area contributed by atoms with Gasteiger partial charge in [-0.2, -0.15) is 0 Å². The smallest absolute Gasteiger partial charge is 0.131 e. The van der Waals surface area contributed by atoms with Crippen LogP contribution in [0, 0.1) is 5.82 Å². The van der Waals surface area contributed by atoms with Gasteiger partial charge >= 0.3 is 0 Å². The Morgan fingerprint density at radius 3 is 1.76 bits per heavy atom. The van der Waals surface area contributed by atoms with Crippen LogP contribution in [-0.4, -0.2) is 4.98 Å². The molecule has 2 heteroatoms. The Bertz CT molecular complexity index is 906. The first kappa shape index (κ1) is 12.0. The van der Waals surface area contributed by atoms with Crippen molar-refractivity contribution < 1.29 is 4.39 Å². The van der Waals surface area contributed by atoms with Gasteiger partial charge in [0.05, 0.1) is 11.0 Å². The van der Waals surface area contributed by atoms with E-state index >= 15 is 0 Å². The van der Waals surface area contributed by atoms with Crippen LogP contribution in [0.1, 0.15) is 0 Å². The molecule has 0 atom stereocenters. The molecule has 0 fully saturated rings. The largest absolute Gasteiger partial charge is 0.248 e. The number of fused-ring (bicyclic) bond motifs is 2. The molecule has 1 aromatic heterocycles. The predicted molar refractivity (Wildman–Crippen MR) is 84.6 cm³/mol. The second-order valence-electron chi connectivity index (χ2n) is 5.00. The molecule has 1 nitrogen and oxygen atoms in total. The minimum Gasteiger partial charge on any atom is -0.248 e. The molecule has 4 rings (SSSR count). The van der Waals surface area contributed by atoms with Crippen molar-refractivity contribution in [2.45, 2.75) is 0 Å². The van der Waals surface area contributed by atoms with Gasteiger partial charge in [0.2, 0.25) is 0 Å². The highest BCUT2D eigenvalue weighted by Gasteiger charge is 2.13. The van der Waals surface area contributed by atoms with E-state index in [0.717, 1.165) is 27.4 Å². The molecule has 1 heterocycles. The highest BCUT2D eigenvalue weighted by Crippen LogP contribution is 2.35. The maximum absolute atomic E-state index is 14.3. The van der Waals surface area contributed by atoms with Crippen molar-refractivity contribution in [3.05, 3.63) is 78.6 Å². The van der Waals surface area contributed by atoms with Crippen molar-refractivity contribution in [2.24, 2.45) is 0 Å². The standard InChI is InChI=1S/C19H12FN/c20-16-10-4-1-7-13(16)19-14-8-2-5-11-17(14)21-18-12-6-3-9-15(18)19/h1-12H. The highest BCUT2D eigenvalue weighted by molar-refractivity contribution is 6.09. The van der Waals surface area contributed by atoms with Gasteiger partial charge < -0.3 is 0 Å². The molecule has 0 saturated heterocycles. The van der Waals surface area contributed by atoms with Crippen molar-refractivity contribution in [1.29, 1.82) is 0 Å². The SMILES string of the molecule is Fc1ccccc1-c1c2ccccc2nc2ccccc12. The monoisotopic (exact) mass is 273 g/mol. The summed E-state index contributed by atoms with van der Waals surface area (Å²) in [5, 5.41) is 1.95. The molecule has 0 saturated carbocycles. The molecular formula is C19H12FN. The van der Waals surface area contributed by atoms with Gasteiger partial charge in [0, 0.05) is 21.9 Å². The summed E-state index contributed by atoms with van der Waals surface area (Å²) >= 11 is 0. The number of pyridine rings is 1. The maximum atomic E-state index is 14.3. The van der Waals surface area contributed by atoms with Gasteiger partial charge in [0.25, 0.3) is 0 Å². The fourth-order valence-electron chi connectivity index (χ4n) is 2.79. The van der Waals surface area contributed by atoms with Crippen LogP contribution in [-0.2, 0) is 0 Å². The Balaban J connectivity index is 2.25. The Kier molecular flexibility index (Phi) is 2.68. The first-order chi connectivity index (χ1) is 10.3. The van der Waals surface area contributed by atoms with Crippen LogP contribution in [0.15, 0.2) is 72.8 Å². The molecule has 0 aliphatic rings. The van der Waals surface area contributed by atoms with E-state index in [1.54, 1.807) is 6.07 Å². The molecule has 0 aliphatic heterocycles. The van der Waals surface area contributed by atoms with Crippen LogP contribution >= 0.6 is 0 Å². The van der Waals surface area contributed by atoms with Crippen LogP contribution in [0.25, 0.3) is 32.9 Å². The van der Waals surface area contributed by atoms with Gasteiger partial charge in [0.1, 0.15) is 5.82 Å². The highest BCUT2D eigenvalue weighted by atomic mass is 19.1. The molecule has 0 amide bonds. The van der Waals surface area contributed by atoms with Gasteiger partial charge in [-0.05, 0) is 18.2 Å². The van der Waals surface area contributed by atoms with Crippen LogP contribution in [0.4, 0.5) is 4.39 Å². The first-order valence-electron chi connectivity index (χ1n) is 6.87. The lowest BCUT2D eigenvalue weighted by atomic mass is 9.96. The number of nitrogens with zero attached hydrogens (tertiary/aromatic N) is 1. The molecule has 0 radical (unpaired) electrons. The second-order valence-corrected chi connectivity index (χ2v) is 5.00. The molecule has 100 valence electrons. The summed E-state index contributed by atoms with van der Waals surface area (Å²) in [5.74, 6) is -0.209. The summed E-state index contributed by atoms with van der Waals surface area (Å²) in [5.41, 5.74) is 3.30. The molecule has 0 unspecified atom stereocenters. The molecule has 3 aromatic carbocycles. The quantitative estimate of drug-likeness (QED) is 0.435. The van der Waals surface area contributed by atoms with E-state index in [0.29, 0.717) is 5.56 Å². The van der Waals surface area contributed by atoms with E-state index in [2.05, 4.69) is 4.98 Å². The number of rotatable bonds is 1. The van der Waals surface area contributed by atoms with E-state index in [1.807, 2.05) is 60.7 Å². The van der Waals surface area contributed by atoms with Gasteiger partial charge in [-0.1, -0.05) is 54.6 Å². The van der Waals surface area contributed by atoms with E-state index in [-0.39, 0.29) is 5.82 Å². The predicted octanol–water partition coefficient (Wildman–Crippen LogP) is 5.19. The third kappa shape index (κ3) is 1.88. The van der Waals surface area contributed by atoms with Gasteiger partial charge in [0.15, 0.2) is 0 Å². The van der Waals surface area contributed by atoms with Gasteiger partial charge in [-0.3, -0.25) is 0 Å². The lowest BCUT2D eigenvalue weighted by Gasteiger charge is -2.11. The van der Waals surface area contributed by atoms with Crippen molar-refractivity contribution in [1.82, 2.24) is 4.98 Å². The average Bonchev–Trinajstić information content (AvgIpc) is 2.53. The molecule has 0 bridgehead atoms. The number of para-hydroxylation sites is 2. The zero-order valence-corrected chi connectivity index (χ0v) is 11.3. The Hall–Kier alpha value is -2.74. The van der Waals surface area contributed by atoms with Gasteiger partial charge in [-0.25, -0.2) is 9.37 Å². The second kappa shape index (κ2) is 4.67. The van der Waals surface area contributed by atoms with Crippen LogP contribution in [0.5, 0.6) is 0 Å². The number of halogens is 1. The molecule has 0 spiro atoms. The van der Waals surface area contributed by atoms with Crippen LogP contribution in [0.2, 0.25) is 0 Å². The Morgan fingerprint density at radius 1 is 0.619 bits per heavy atom. The summed E-state index contributed by atoms with van der Waals surface area (Å²) in [6.07, 6.45) is 0. The molecule has 21 heavy (non-hydrogen) atoms. The number of hydrogen-bond acceptors (Lipinski definition) is 1. The minimum absolute atomic E-state index is 0.209. The minimum atomic E-state index is -0.209. The summed E-state index contributed by atoms with van der Waals surface area (Å²) in [6.45, 7) is 0. The Labute approximate surface area is 121 Å². The van der Waals surface area contributed by atoms with Crippen molar-refractivity contribution in [2.75, 3.05) is 0 Å². The fourth-order valence-corrected chi connectivity index (χ4v) is 2.79.